The summed E-state index contributed by atoms with van der Waals surface area (Å²) in [5.41, 5.74) is 0.827. The molecule has 0 bridgehead atoms. The normalized spacial score (nSPS) is 11.3. The Hall–Kier alpha value is -1.44. The van der Waals surface area contributed by atoms with Crippen LogP contribution in [0.1, 0.15) is 12.5 Å². The Bertz CT molecular complexity index is 538. The molecule has 6 nitrogen and oxygen atoms in total. The van der Waals surface area contributed by atoms with Gasteiger partial charge in [-0.1, -0.05) is 12.1 Å². The lowest BCUT2D eigenvalue weighted by Gasteiger charge is -2.07. The molecule has 0 unspecified atom stereocenters. The van der Waals surface area contributed by atoms with E-state index in [2.05, 4.69) is 4.74 Å². The van der Waals surface area contributed by atoms with Crippen LogP contribution in [0.3, 0.4) is 0 Å². The average molecular weight is 302 g/mol. The molecule has 0 fully saturated rings. The Morgan fingerprint density at radius 2 is 2.00 bits per heavy atom. The number of rotatable bonds is 8. The highest BCUT2D eigenvalue weighted by molar-refractivity contribution is 7.86. The molecule has 0 N–H and O–H groups in total. The second kappa shape index (κ2) is 7.98. The van der Waals surface area contributed by atoms with Gasteiger partial charge >= 0.3 is 5.97 Å². The summed E-state index contributed by atoms with van der Waals surface area (Å²) < 4.78 is 38.0. The molecule has 112 valence electrons. The zero-order valence-corrected chi connectivity index (χ0v) is 12.3. The number of aryl methyl sites for hydroxylation is 1. The van der Waals surface area contributed by atoms with Crippen LogP contribution in [-0.2, 0) is 28.6 Å². The molecule has 0 aliphatic rings. The molecule has 0 aromatic heterocycles. The number of esters is 1. The zero-order chi connectivity index (χ0) is 15.0. The van der Waals surface area contributed by atoms with Crippen molar-refractivity contribution in [3.05, 3.63) is 29.8 Å². The van der Waals surface area contributed by atoms with Crippen LogP contribution in [0.25, 0.3) is 0 Å². The molecule has 0 saturated carbocycles. The van der Waals surface area contributed by atoms with E-state index < -0.39 is 16.1 Å². The third kappa shape index (κ3) is 5.68. The molecule has 0 atom stereocenters. The lowest BCUT2D eigenvalue weighted by molar-refractivity contribution is -0.148. The molecule has 0 heterocycles. The van der Waals surface area contributed by atoms with Gasteiger partial charge in [0.2, 0.25) is 0 Å². The van der Waals surface area contributed by atoms with Crippen molar-refractivity contribution < 1.29 is 26.9 Å². The highest BCUT2D eigenvalue weighted by atomic mass is 32.2. The van der Waals surface area contributed by atoms with Crippen LogP contribution in [0, 0.1) is 6.92 Å². The molecule has 0 aliphatic heterocycles. The second-order valence-electron chi connectivity index (χ2n) is 3.95. The molecule has 0 amide bonds. The Kier molecular flexibility index (Phi) is 6.63. The van der Waals surface area contributed by atoms with E-state index in [4.69, 9.17) is 8.92 Å². The van der Waals surface area contributed by atoms with E-state index in [-0.39, 0.29) is 31.3 Å². The average Bonchev–Trinajstić information content (AvgIpc) is 2.38. The van der Waals surface area contributed by atoms with Gasteiger partial charge in [0.05, 0.1) is 24.7 Å². The highest BCUT2D eigenvalue weighted by Crippen LogP contribution is 2.13. The lowest BCUT2D eigenvalue weighted by Crippen LogP contribution is -2.16. The van der Waals surface area contributed by atoms with Crippen molar-refractivity contribution in [2.45, 2.75) is 18.7 Å². The first kappa shape index (κ1) is 16.6. The van der Waals surface area contributed by atoms with Crippen molar-refractivity contribution in [1.82, 2.24) is 0 Å². The van der Waals surface area contributed by atoms with Gasteiger partial charge < -0.3 is 9.47 Å². The quantitative estimate of drug-likeness (QED) is 0.409. The van der Waals surface area contributed by atoms with Gasteiger partial charge in [-0.15, -0.1) is 0 Å². The molecule has 0 spiro atoms. The maximum atomic E-state index is 11.8. The smallest absolute Gasteiger partial charge is 0.332 e. The van der Waals surface area contributed by atoms with Crippen LogP contribution in [0.4, 0.5) is 0 Å². The van der Waals surface area contributed by atoms with E-state index in [0.29, 0.717) is 0 Å². The standard InChI is InChI=1S/C13H18O6S/c1-3-18-13(14)10-17-7-8-19-20(15,16)12-6-4-5-11(2)9-12/h4-6,9H,3,7-8,10H2,1-2H3. The van der Waals surface area contributed by atoms with Gasteiger partial charge in [-0.05, 0) is 31.5 Å². The third-order valence-corrected chi connectivity index (χ3v) is 3.58. The number of benzene rings is 1. The van der Waals surface area contributed by atoms with Crippen LogP contribution in [0.5, 0.6) is 0 Å². The molecule has 0 radical (unpaired) electrons. The molecule has 7 heteroatoms. The maximum absolute atomic E-state index is 11.8. The molecule has 1 aromatic rings. The first-order valence-electron chi connectivity index (χ1n) is 6.15. The number of carbonyl (C=O) groups excluding carboxylic acids is 1. The number of carbonyl (C=O) groups is 1. The fourth-order valence-corrected chi connectivity index (χ4v) is 2.40. The fraction of sp³-hybridized carbons (Fsp3) is 0.462. The van der Waals surface area contributed by atoms with Crippen molar-refractivity contribution in [2.75, 3.05) is 26.4 Å². The Labute approximate surface area is 118 Å². The van der Waals surface area contributed by atoms with Gasteiger partial charge in [-0.2, -0.15) is 8.42 Å². The summed E-state index contributed by atoms with van der Waals surface area (Å²) in [5.74, 6) is -0.492. The van der Waals surface area contributed by atoms with Crippen molar-refractivity contribution in [3.63, 3.8) is 0 Å². The van der Waals surface area contributed by atoms with E-state index >= 15 is 0 Å². The number of ether oxygens (including phenoxy) is 2. The van der Waals surface area contributed by atoms with Gasteiger partial charge in [-0.25, -0.2) is 4.79 Å². The van der Waals surface area contributed by atoms with Gasteiger partial charge in [-0.3, -0.25) is 4.18 Å². The zero-order valence-electron chi connectivity index (χ0n) is 11.5. The van der Waals surface area contributed by atoms with Gasteiger partial charge in [0.15, 0.2) is 0 Å². The van der Waals surface area contributed by atoms with Gasteiger partial charge in [0, 0.05) is 0 Å². The monoisotopic (exact) mass is 302 g/mol. The lowest BCUT2D eigenvalue weighted by atomic mass is 10.2. The Balaban J connectivity index is 2.36. The van der Waals surface area contributed by atoms with Crippen LogP contribution in [0.15, 0.2) is 29.2 Å². The topological polar surface area (TPSA) is 78.9 Å². The number of hydrogen-bond donors (Lipinski definition) is 0. The molecular weight excluding hydrogens is 284 g/mol. The maximum Gasteiger partial charge on any atom is 0.332 e. The first-order valence-corrected chi connectivity index (χ1v) is 7.56. The molecule has 1 rings (SSSR count). The summed E-state index contributed by atoms with van der Waals surface area (Å²) in [7, 11) is -3.79. The van der Waals surface area contributed by atoms with Crippen LogP contribution in [-0.4, -0.2) is 40.8 Å². The van der Waals surface area contributed by atoms with E-state index in [1.807, 2.05) is 0 Å². The van der Waals surface area contributed by atoms with Crippen LogP contribution >= 0.6 is 0 Å². The van der Waals surface area contributed by atoms with Gasteiger partial charge in [0.1, 0.15) is 6.61 Å². The summed E-state index contributed by atoms with van der Waals surface area (Å²) >= 11 is 0. The Morgan fingerprint density at radius 1 is 1.25 bits per heavy atom. The summed E-state index contributed by atoms with van der Waals surface area (Å²) in [6.07, 6.45) is 0. The first-order chi connectivity index (χ1) is 9.45. The van der Waals surface area contributed by atoms with Crippen molar-refractivity contribution in [1.29, 1.82) is 0 Å². The van der Waals surface area contributed by atoms with Crippen molar-refractivity contribution in [2.24, 2.45) is 0 Å². The highest BCUT2D eigenvalue weighted by Gasteiger charge is 2.14. The van der Waals surface area contributed by atoms with E-state index in [1.54, 1.807) is 26.0 Å². The number of hydrogen-bond acceptors (Lipinski definition) is 6. The predicted molar refractivity (Wildman–Crippen MR) is 71.8 cm³/mol. The predicted octanol–water partition coefficient (Wildman–Crippen LogP) is 1.28. The summed E-state index contributed by atoms with van der Waals surface area (Å²) in [6, 6.07) is 6.42. The van der Waals surface area contributed by atoms with Crippen molar-refractivity contribution >= 4 is 16.1 Å². The third-order valence-electron chi connectivity index (χ3n) is 2.27. The second-order valence-corrected chi connectivity index (χ2v) is 5.57. The minimum atomic E-state index is -3.79. The van der Waals surface area contributed by atoms with Crippen LogP contribution < -0.4 is 0 Å². The largest absolute Gasteiger partial charge is 0.464 e. The Morgan fingerprint density at radius 3 is 2.65 bits per heavy atom. The van der Waals surface area contributed by atoms with E-state index in [0.717, 1.165) is 5.56 Å². The van der Waals surface area contributed by atoms with Crippen LogP contribution in [0.2, 0.25) is 0 Å². The summed E-state index contributed by atoms with van der Waals surface area (Å²) in [4.78, 5) is 11.1. The minimum absolute atomic E-state index is 0.0101. The van der Waals surface area contributed by atoms with Crippen molar-refractivity contribution in [3.8, 4) is 0 Å². The minimum Gasteiger partial charge on any atom is -0.464 e. The van der Waals surface area contributed by atoms with E-state index in [1.165, 1.54) is 12.1 Å². The van der Waals surface area contributed by atoms with Gasteiger partial charge in [0.25, 0.3) is 10.1 Å². The SMILES string of the molecule is CCOC(=O)COCCOS(=O)(=O)c1cccc(C)c1. The van der Waals surface area contributed by atoms with E-state index in [9.17, 15) is 13.2 Å². The molecule has 20 heavy (non-hydrogen) atoms. The molecular formula is C13H18O6S. The summed E-state index contributed by atoms with van der Waals surface area (Å²) in [5, 5.41) is 0. The molecule has 0 aliphatic carbocycles. The molecule has 0 saturated heterocycles. The molecule has 1 aromatic carbocycles. The summed E-state index contributed by atoms with van der Waals surface area (Å²) in [6.45, 7) is 3.37. The fourth-order valence-electron chi connectivity index (χ4n) is 1.40.